The Bertz CT molecular complexity index is 244. The molecule has 0 unspecified atom stereocenters. The average molecular weight is 189 g/mol. The fourth-order valence-electron chi connectivity index (χ4n) is 2.54. The second-order valence-electron chi connectivity index (χ2n) is 4.40. The Hall–Kier alpha value is -0.670. The van der Waals surface area contributed by atoms with E-state index >= 15 is 0 Å². The lowest BCUT2D eigenvalue weighted by atomic mass is 9.65. The molecule has 0 aromatic heterocycles. The maximum Gasteiger partial charge on any atom is 0.249 e. The number of hydrogen-bond acceptors (Lipinski definition) is 1. The normalized spacial score (nSPS) is 29.0. The number of likely N-dealkylation sites (tertiary alicyclic amines) is 1. The average Bonchev–Trinajstić information content (AvgIpc) is 2.29. The first-order valence-corrected chi connectivity index (χ1v) is 4.56. The van der Waals surface area contributed by atoms with Crippen LogP contribution in [0.3, 0.4) is 0 Å². The molecule has 1 saturated heterocycles. The summed E-state index contributed by atoms with van der Waals surface area (Å²) in [6.07, 6.45) is 0.704. The van der Waals surface area contributed by atoms with Gasteiger partial charge in [-0.1, -0.05) is 0 Å². The SMILES string of the molecule is CC(=O)N1CCC2(C1)CC(F)(F)C2. The first kappa shape index (κ1) is 8.91. The lowest BCUT2D eigenvalue weighted by Gasteiger charge is -2.44. The van der Waals surface area contributed by atoms with Gasteiger partial charge in [-0.15, -0.1) is 0 Å². The summed E-state index contributed by atoms with van der Waals surface area (Å²) in [4.78, 5) is 12.6. The van der Waals surface area contributed by atoms with Crippen LogP contribution >= 0.6 is 0 Å². The minimum absolute atomic E-state index is 0.00657. The van der Waals surface area contributed by atoms with Crippen molar-refractivity contribution < 1.29 is 13.6 Å². The minimum atomic E-state index is -2.47. The molecule has 2 aliphatic rings. The highest BCUT2D eigenvalue weighted by Crippen LogP contribution is 2.56. The second-order valence-corrected chi connectivity index (χ2v) is 4.40. The van der Waals surface area contributed by atoms with Crippen LogP contribution in [-0.2, 0) is 4.79 Å². The third kappa shape index (κ3) is 1.42. The Labute approximate surface area is 75.9 Å². The molecule has 0 atom stereocenters. The molecule has 2 fully saturated rings. The molecule has 2 rings (SSSR count). The highest BCUT2D eigenvalue weighted by molar-refractivity contribution is 5.73. The van der Waals surface area contributed by atoms with Crippen molar-refractivity contribution in [3.05, 3.63) is 0 Å². The molecule has 0 radical (unpaired) electrons. The summed E-state index contributed by atoms with van der Waals surface area (Å²) >= 11 is 0. The van der Waals surface area contributed by atoms with Crippen LogP contribution in [0.1, 0.15) is 26.2 Å². The van der Waals surface area contributed by atoms with Gasteiger partial charge in [0.1, 0.15) is 0 Å². The molecule has 1 saturated carbocycles. The van der Waals surface area contributed by atoms with Crippen LogP contribution in [0, 0.1) is 5.41 Å². The number of nitrogens with zero attached hydrogens (tertiary/aromatic N) is 1. The van der Waals surface area contributed by atoms with Crippen molar-refractivity contribution >= 4 is 5.91 Å². The fourth-order valence-corrected chi connectivity index (χ4v) is 2.54. The van der Waals surface area contributed by atoms with Gasteiger partial charge in [-0.25, -0.2) is 8.78 Å². The molecule has 1 aliphatic heterocycles. The Balaban J connectivity index is 1.97. The molecule has 1 heterocycles. The molecule has 74 valence electrons. The van der Waals surface area contributed by atoms with Crippen molar-refractivity contribution in [1.82, 2.24) is 4.90 Å². The topological polar surface area (TPSA) is 20.3 Å². The van der Waals surface area contributed by atoms with Gasteiger partial charge in [-0.2, -0.15) is 0 Å². The Morgan fingerprint density at radius 2 is 2.00 bits per heavy atom. The summed E-state index contributed by atoms with van der Waals surface area (Å²) in [5.74, 6) is -2.46. The van der Waals surface area contributed by atoms with Crippen molar-refractivity contribution in [1.29, 1.82) is 0 Å². The summed E-state index contributed by atoms with van der Waals surface area (Å²) in [5, 5.41) is 0. The molecular formula is C9H13F2NO. The van der Waals surface area contributed by atoms with Crippen LogP contribution < -0.4 is 0 Å². The first-order chi connectivity index (χ1) is 5.93. The highest BCUT2D eigenvalue weighted by atomic mass is 19.3. The maximum absolute atomic E-state index is 12.7. The van der Waals surface area contributed by atoms with Crippen LogP contribution in [0.4, 0.5) is 8.78 Å². The number of alkyl halides is 2. The second kappa shape index (κ2) is 2.42. The molecule has 0 bridgehead atoms. The number of hydrogen-bond donors (Lipinski definition) is 0. The molecule has 2 nitrogen and oxygen atoms in total. The lowest BCUT2D eigenvalue weighted by molar-refractivity contribution is -0.158. The summed E-state index contributed by atoms with van der Waals surface area (Å²) in [7, 11) is 0. The van der Waals surface area contributed by atoms with E-state index in [2.05, 4.69) is 0 Å². The van der Waals surface area contributed by atoms with Crippen molar-refractivity contribution in [2.75, 3.05) is 13.1 Å². The van der Waals surface area contributed by atoms with E-state index in [0.717, 1.165) is 6.42 Å². The van der Waals surface area contributed by atoms with E-state index in [1.54, 1.807) is 4.90 Å². The predicted octanol–water partition coefficient (Wildman–Crippen LogP) is 1.65. The van der Waals surface area contributed by atoms with Gasteiger partial charge in [-0.3, -0.25) is 4.79 Å². The van der Waals surface area contributed by atoms with E-state index in [0.29, 0.717) is 13.1 Å². The van der Waals surface area contributed by atoms with Crippen LogP contribution in [-0.4, -0.2) is 29.8 Å². The van der Waals surface area contributed by atoms with E-state index in [9.17, 15) is 13.6 Å². The van der Waals surface area contributed by atoms with Gasteiger partial charge in [0.2, 0.25) is 11.8 Å². The van der Waals surface area contributed by atoms with Gasteiger partial charge >= 0.3 is 0 Å². The van der Waals surface area contributed by atoms with Gasteiger partial charge in [0.05, 0.1) is 0 Å². The third-order valence-corrected chi connectivity index (χ3v) is 3.15. The van der Waals surface area contributed by atoms with Gasteiger partial charge in [0, 0.05) is 38.3 Å². The Morgan fingerprint density at radius 1 is 1.38 bits per heavy atom. The number of halogens is 2. The zero-order chi connectivity index (χ0) is 9.69. The van der Waals surface area contributed by atoms with Crippen molar-refractivity contribution in [3.63, 3.8) is 0 Å². The van der Waals surface area contributed by atoms with Gasteiger partial charge in [0.15, 0.2) is 0 Å². The molecule has 4 heteroatoms. The molecule has 0 aromatic rings. The molecule has 13 heavy (non-hydrogen) atoms. The van der Waals surface area contributed by atoms with Gasteiger partial charge in [-0.05, 0) is 6.42 Å². The monoisotopic (exact) mass is 189 g/mol. The van der Waals surface area contributed by atoms with Crippen molar-refractivity contribution in [3.8, 4) is 0 Å². The van der Waals surface area contributed by atoms with Crippen LogP contribution in [0.2, 0.25) is 0 Å². The van der Waals surface area contributed by atoms with Crippen LogP contribution in [0.25, 0.3) is 0 Å². The molecular weight excluding hydrogens is 176 g/mol. The molecule has 0 N–H and O–H groups in total. The smallest absolute Gasteiger partial charge is 0.249 e. The zero-order valence-electron chi connectivity index (χ0n) is 7.65. The maximum atomic E-state index is 12.7. The predicted molar refractivity (Wildman–Crippen MR) is 43.5 cm³/mol. The molecule has 1 spiro atoms. The number of carbonyl (C=O) groups is 1. The number of rotatable bonds is 0. The van der Waals surface area contributed by atoms with Crippen LogP contribution in [0.15, 0.2) is 0 Å². The molecule has 1 aliphatic carbocycles. The summed E-state index contributed by atoms with van der Waals surface area (Å²) in [6.45, 7) is 2.69. The number of amides is 1. The zero-order valence-corrected chi connectivity index (χ0v) is 7.65. The van der Waals surface area contributed by atoms with E-state index in [4.69, 9.17) is 0 Å². The standard InChI is InChI=1S/C9H13F2NO/c1-7(13)12-3-2-8(6-12)4-9(10,11)5-8/h2-6H2,1H3. The minimum Gasteiger partial charge on any atom is -0.342 e. The summed E-state index contributed by atoms with van der Waals surface area (Å²) in [5.41, 5.74) is -0.241. The molecule has 1 amide bonds. The lowest BCUT2D eigenvalue weighted by Crippen LogP contribution is -2.47. The largest absolute Gasteiger partial charge is 0.342 e. The van der Waals surface area contributed by atoms with Crippen LogP contribution in [0.5, 0.6) is 0 Å². The van der Waals surface area contributed by atoms with Crippen molar-refractivity contribution in [2.45, 2.75) is 32.1 Å². The molecule has 0 aromatic carbocycles. The van der Waals surface area contributed by atoms with E-state index in [1.807, 2.05) is 0 Å². The van der Waals surface area contributed by atoms with E-state index in [1.165, 1.54) is 6.92 Å². The van der Waals surface area contributed by atoms with Crippen molar-refractivity contribution in [2.24, 2.45) is 5.41 Å². The summed E-state index contributed by atoms with van der Waals surface area (Å²) < 4.78 is 25.3. The van der Waals surface area contributed by atoms with E-state index in [-0.39, 0.29) is 24.2 Å². The quantitative estimate of drug-likeness (QED) is 0.567. The summed E-state index contributed by atoms with van der Waals surface area (Å²) in [6, 6.07) is 0. The fraction of sp³-hybridized carbons (Fsp3) is 0.889. The Kier molecular flexibility index (Phi) is 1.66. The first-order valence-electron chi connectivity index (χ1n) is 4.56. The number of carbonyl (C=O) groups excluding carboxylic acids is 1. The van der Waals surface area contributed by atoms with E-state index < -0.39 is 5.92 Å². The Morgan fingerprint density at radius 3 is 2.38 bits per heavy atom. The van der Waals surface area contributed by atoms with Gasteiger partial charge < -0.3 is 4.90 Å². The highest BCUT2D eigenvalue weighted by Gasteiger charge is 2.58. The van der Waals surface area contributed by atoms with Gasteiger partial charge in [0.25, 0.3) is 0 Å². The third-order valence-electron chi connectivity index (χ3n) is 3.15.